The maximum atomic E-state index is 6.16. The van der Waals surface area contributed by atoms with E-state index in [2.05, 4.69) is 19.8 Å². The van der Waals surface area contributed by atoms with E-state index in [0.29, 0.717) is 0 Å². The van der Waals surface area contributed by atoms with Crippen LogP contribution in [0.1, 0.15) is 25.7 Å². The van der Waals surface area contributed by atoms with Crippen molar-refractivity contribution in [2.45, 2.75) is 31.7 Å². The highest BCUT2D eigenvalue weighted by Crippen LogP contribution is 2.28. The number of anilines is 1. The van der Waals surface area contributed by atoms with Crippen LogP contribution < -0.4 is 4.90 Å². The summed E-state index contributed by atoms with van der Waals surface area (Å²) >= 11 is 6.16. The van der Waals surface area contributed by atoms with Crippen LogP contribution in [0.15, 0.2) is 24.5 Å². The van der Waals surface area contributed by atoms with Gasteiger partial charge in [0, 0.05) is 42.6 Å². The largest absolute Gasteiger partial charge is 0.353 e. The molecule has 2 aliphatic rings. The Morgan fingerprint density at radius 1 is 1.00 bits per heavy atom. The number of halogens is 1. The van der Waals surface area contributed by atoms with Crippen LogP contribution in [0.2, 0.25) is 5.02 Å². The molecule has 1 aliphatic heterocycles. The van der Waals surface area contributed by atoms with Crippen molar-refractivity contribution in [3.8, 4) is 0 Å². The summed E-state index contributed by atoms with van der Waals surface area (Å²) < 4.78 is 0. The molecule has 1 saturated carbocycles. The molecule has 5 heteroatoms. The van der Waals surface area contributed by atoms with Crippen molar-refractivity contribution in [2.24, 2.45) is 0 Å². The van der Waals surface area contributed by atoms with E-state index in [4.69, 9.17) is 11.6 Å². The molecule has 0 atom stereocenters. The lowest BCUT2D eigenvalue weighted by Crippen LogP contribution is -2.50. The van der Waals surface area contributed by atoms with Crippen molar-refractivity contribution in [1.29, 1.82) is 0 Å². The summed E-state index contributed by atoms with van der Waals surface area (Å²) in [6.07, 6.45) is 7.23. The first-order chi connectivity index (χ1) is 10.8. The van der Waals surface area contributed by atoms with Gasteiger partial charge in [-0.1, -0.05) is 24.4 Å². The van der Waals surface area contributed by atoms with Gasteiger partial charge in [-0.2, -0.15) is 0 Å². The highest BCUT2D eigenvalue weighted by Gasteiger charge is 2.27. The second-order valence-electron chi connectivity index (χ2n) is 6.32. The van der Waals surface area contributed by atoms with E-state index in [9.17, 15) is 0 Å². The lowest BCUT2D eigenvalue weighted by molar-refractivity contribution is 0.187. The first-order valence-electron chi connectivity index (χ1n) is 8.20. The topological polar surface area (TPSA) is 32.3 Å². The third kappa shape index (κ3) is 2.66. The summed E-state index contributed by atoms with van der Waals surface area (Å²) in [6, 6.07) is 6.66. The molecule has 2 fully saturated rings. The van der Waals surface area contributed by atoms with Crippen LogP contribution in [0.3, 0.4) is 0 Å². The van der Waals surface area contributed by atoms with E-state index in [1.54, 1.807) is 6.33 Å². The van der Waals surface area contributed by atoms with Crippen molar-refractivity contribution in [3.63, 3.8) is 0 Å². The number of benzene rings is 1. The molecule has 2 heterocycles. The van der Waals surface area contributed by atoms with Gasteiger partial charge in [0.2, 0.25) is 0 Å². The molecule has 0 unspecified atom stereocenters. The molecule has 22 heavy (non-hydrogen) atoms. The van der Waals surface area contributed by atoms with Crippen LogP contribution in [0.5, 0.6) is 0 Å². The normalized spacial score (nSPS) is 20.9. The van der Waals surface area contributed by atoms with Gasteiger partial charge in [-0.05, 0) is 31.0 Å². The summed E-state index contributed by atoms with van der Waals surface area (Å²) in [7, 11) is 0. The fourth-order valence-corrected chi connectivity index (χ4v) is 4.01. The molecule has 0 bridgehead atoms. The summed E-state index contributed by atoms with van der Waals surface area (Å²) in [5, 5.41) is 1.80. The molecule has 1 aromatic heterocycles. The molecule has 116 valence electrons. The molecule has 2 aromatic rings. The molecular weight excluding hydrogens is 296 g/mol. The molecule has 0 N–H and O–H groups in total. The predicted molar refractivity (Wildman–Crippen MR) is 90.6 cm³/mol. The van der Waals surface area contributed by atoms with Gasteiger partial charge < -0.3 is 4.90 Å². The zero-order valence-corrected chi connectivity index (χ0v) is 13.5. The van der Waals surface area contributed by atoms with Gasteiger partial charge in [0.15, 0.2) is 0 Å². The van der Waals surface area contributed by atoms with Gasteiger partial charge in [0.25, 0.3) is 0 Å². The van der Waals surface area contributed by atoms with E-state index in [1.807, 2.05) is 18.2 Å². The van der Waals surface area contributed by atoms with E-state index in [-0.39, 0.29) is 0 Å². The van der Waals surface area contributed by atoms with Crippen molar-refractivity contribution >= 4 is 28.3 Å². The number of nitrogens with zero attached hydrogens (tertiary/aromatic N) is 4. The molecule has 0 spiro atoms. The predicted octanol–water partition coefficient (Wildman–Crippen LogP) is 3.35. The molecule has 4 nitrogen and oxygen atoms in total. The Kier molecular flexibility index (Phi) is 3.89. The summed E-state index contributed by atoms with van der Waals surface area (Å²) in [5.74, 6) is 1.03. The Hall–Kier alpha value is -1.39. The Morgan fingerprint density at radius 2 is 1.77 bits per heavy atom. The van der Waals surface area contributed by atoms with E-state index < -0.39 is 0 Å². The quantitative estimate of drug-likeness (QED) is 0.850. The lowest BCUT2D eigenvalue weighted by Gasteiger charge is -2.38. The Labute approximate surface area is 136 Å². The maximum absolute atomic E-state index is 6.16. The van der Waals surface area contributed by atoms with Crippen LogP contribution >= 0.6 is 11.6 Å². The average Bonchev–Trinajstić information content (AvgIpc) is 3.09. The molecule has 0 amide bonds. The highest BCUT2D eigenvalue weighted by molar-refractivity contribution is 6.31. The summed E-state index contributed by atoms with van der Waals surface area (Å²) in [5.41, 5.74) is 0.965. The van der Waals surface area contributed by atoms with Crippen molar-refractivity contribution in [3.05, 3.63) is 29.5 Å². The van der Waals surface area contributed by atoms with E-state index in [0.717, 1.165) is 54.0 Å². The van der Waals surface area contributed by atoms with Crippen LogP contribution in [0, 0.1) is 0 Å². The van der Waals surface area contributed by atoms with Crippen molar-refractivity contribution in [2.75, 3.05) is 31.1 Å². The molecule has 1 aromatic carbocycles. The summed E-state index contributed by atoms with van der Waals surface area (Å²) in [6.45, 7) is 4.34. The first kappa shape index (κ1) is 14.2. The van der Waals surface area contributed by atoms with Crippen LogP contribution in [0.25, 0.3) is 10.9 Å². The van der Waals surface area contributed by atoms with Gasteiger partial charge in [-0.3, -0.25) is 4.90 Å². The molecule has 1 aliphatic carbocycles. The van der Waals surface area contributed by atoms with Gasteiger partial charge in [-0.25, -0.2) is 9.97 Å². The Balaban J connectivity index is 1.55. The standard InChI is InChI=1S/C17H21ClN4/c18-13-5-6-16-15(11-13)17(20-12-19-16)22-9-7-21(8-10-22)14-3-1-2-4-14/h5-6,11-12,14H,1-4,7-10H2. The molecular formula is C17H21ClN4. The minimum Gasteiger partial charge on any atom is -0.353 e. The number of piperazine rings is 1. The second kappa shape index (κ2) is 6.01. The monoisotopic (exact) mass is 316 g/mol. The first-order valence-corrected chi connectivity index (χ1v) is 8.58. The lowest BCUT2D eigenvalue weighted by atomic mass is 10.1. The van der Waals surface area contributed by atoms with Gasteiger partial charge in [0.05, 0.1) is 5.52 Å². The number of rotatable bonds is 2. The van der Waals surface area contributed by atoms with Crippen molar-refractivity contribution < 1.29 is 0 Å². The van der Waals surface area contributed by atoms with Gasteiger partial charge >= 0.3 is 0 Å². The minimum atomic E-state index is 0.744. The number of hydrogen-bond acceptors (Lipinski definition) is 4. The van der Waals surface area contributed by atoms with Crippen LogP contribution in [0.4, 0.5) is 5.82 Å². The summed E-state index contributed by atoms with van der Waals surface area (Å²) in [4.78, 5) is 13.9. The molecule has 0 radical (unpaired) electrons. The minimum absolute atomic E-state index is 0.744. The maximum Gasteiger partial charge on any atom is 0.140 e. The fraction of sp³-hybridized carbons (Fsp3) is 0.529. The highest BCUT2D eigenvalue weighted by atomic mass is 35.5. The zero-order valence-electron chi connectivity index (χ0n) is 12.7. The van der Waals surface area contributed by atoms with Gasteiger partial charge in [-0.15, -0.1) is 0 Å². The SMILES string of the molecule is Clc1ccc2ncnc(N3CCN(C4CCCC4)CC3)c2c1. The fourth-order valence-electron chi connectivity index (χ4n) is 3.84. The number of aromatic nitrogens is 2. The van der Waals surface area contributed by atoms with Gasteiger partial charge in [0.1, 0.15) is 12.1 Å². The van der Waals surface area contributed by atoms with Crippen LogP contribution in [-0.4, -0.2) is 47.1 Å². The van der Waals surface area contributed by atoms with Crippen molar-refractivity contribution in [1.82, 2.24) is 14.9 Å². The molecule has 4 rings (SSSR count). The Morgan fingerprint density at radius 3 is 2.55 bits per heavy atom. The molecule has 1 saturated heterocycles. The van der Waals surface area contributed by atoms with E-state index >= 15 is 0 Å². The smallest absolute Gasteiger partial charge is 0.140 e. The second-order valence-corrected chi connectivity index (χ2v) is 6.76. The Bertz CT molecular complexity index is 661. The third-order valence-electron chi connectivity index (χ3n) is 5.03. The average molecular weight is 317 g/mol. The third-order valence-corrected chi connectivity index (χ3v) is 5.27. The number of hydrogen-bond donors (Lipinski definition) is 0. The van der Waals surface area contributed by atoms with E-state index in [1.165, 1.54) is 25.7 Å². The number of fused-ring (bicyclic) bond motifs is 1. The van der Waals surface area contributed by atoms with Crippen LogP contribution in [-0.2, 0) is 0 Å². The zero-order chi connectivity index (χ0) is 14.9.